The van der Waals surface area contributed by atoms with Crippen LogP contribution in [0.1, 0.15) is 64.8 Å². The van der Waals surface area contributed by atoms with Crippen LogP contribution in [0.2, 0.25) is 0 Å². The SMILES string of the molecule is CC1CCCN(S(=O)(=O)c2ccc(C(=O)Nc3sc4c(c3C(N)=O)CCN(C(C)C)C4)cc2)C1.Cl. The Bertz CT molecular complexity index is 1190. The third-order valence-corrected chi connectivity index (χ3v) is 9.68. The Morgan fingerprint density at radius 2 is 1.86 bits per heavy atom. The Morgan fingerprint density at radius 1 is 1.17 bits per heavy atom. The molecule has 4 rings (SSSR count). The number of thiophene rings is 1. The van der Waals surface area contributed by atoms with Crippen LogP contribution < -0.4 is 11.1 Å². The summed E-state index contributed by atoms with van der Waals surface area (Å²) in [7, 11) is -3.59. The van der Waals surface area contributed by atoms with Gasteiger partial charge in [-0.3, -0.25) is 14.5 Å². The number of carbonyl (C=O) groups excluding carboxylic acids is 2. The summed E-state index contributed by atoms with van der Waals surface area (Å²) in [6, 6.07) is 6.34. The maximum Gasteiger partial charge on any atom is 0.256 e. The lowest BCUT2D eigenvalue weighted by atomic mass is 10.0. The van der Waals surface area contributed by atoms with Crippen molar-refractivity contribution in [3.63, 3.8) is 0 Å². The average Bonchev–Trinajstić information content (AvgIpc) is 3.16. The van der Waals surface area contributed by atoms with Crippen molar-refractivity contribution < 1.29 is 18.0 Å². The molecule has 0 saturated carbocycles. The highest BCUT2D eigenvalue weighted by molar-refractivity contribution is 7.89. The molecule has 11 heteroatoms. The zero-order valence-electron chi connectivity index (χ0n) is 20.2. The van der Waals surface area contributed by atoms with Crippen molar-refractivity contribution >= 4 is 50.6 Å². The van der Waals surface area contributed by atoms with Crippen molar-refractivity contribution in [3.8, 4) is 0 Å². The molecular formula is C24H33ClN4O4S2. The minimum absolute atomic E-state index is 0. The number of nitrogens with zero attached hydrogens (tertiary/aromatic N) is 2. The molecule has 1 fully saturated rings. The Labute approximate surface area is 217 Å². The van der Waals surface area contributed by atoms with E-state index in [1.165, 1.54) is 39.9 Å². The van der Waals surface area contributed by atoms with E-state index in [4.69, 9.17) is 5.73 Å². The second kappa shape index (κ2) is 11.0. The van der Waals surface area contributed by atoms with E-state index < -0.39 is 21.8 Å². The summed E-state index contributed by atoms with van der Waals surface area (Å²) in [5.74, 6) is -0.627. The van der Waals surface area contributed by atoms with Crippen molar-refractivity contribution in [1.82, 2.24) is 9.21 Å². The molecule has 35 heavy (non-hydrogen) atoms. The van der Waals surface area contributed by atoms with Crippen LogP contribution in [-0.2, 0) is 23.0 Å². The van der Waals surface area contributed by atoms with Gasteiger partial charge in [0, 0.05) is 42.7 Å². The summed E-state index contributed by atoms with van der Waals surface area (Å²) in [5.41, 5.74) is 7.29. The second-order valence-corrected chi connectivity index (χ2v) is 12.5. The summed E-state index contributed by atoms with van der Waals surface area (Å²) in [4.78, 5) is 28.7. The lowest BCUT2D eigenvalue weighted by Crippen LogP contribution is -2.39. The topological polar surface area (TPSA) is 113 Å². The summed E-state index contributed by atoms with van der Waals surface area (Å²) >= 11 is 1.38. The van der Waals surface area contributed by atoms with Gasteiger partial charge in [-0.1, -0.05) is 6.92 Å². The van der Waals surface area contributed by atoms with Crippen LogP contribution in [0.3, 0.4) is 0 Å². The monoisotopic (exact) mass is 540 g/mol. The van der Waals surface area contributed by atoms with Gasteiger partial charge in [-0.25, -0.2) is 8.42 Å². The molecule has 1 saturated heterocycles. The highest BCUT2D eigenvalue weighted by Gasteiger charge is 2.30. The summed E-state index contributed by atoms with van der Waals surface area (Å²) in [6.07, 6.45) is 2.59. The van der Waals surface area contributed by atoms with Gasteiger partial charge in [-0.2, -0.15) is 4.31 Å². The number of nitrogens with two attached hydrogens (primary N) is 1. The molecule has 0 radical (unpaired) electrons. The number of benzene rings is 1. The van der Waals surface area contributed by atoms with Crippen molar-refractivity contribution in [2.75, 3.05) is 25.0 Å². The predicted octanol–water partition coefficient (Wildman–Crippen LogP) is 3.71. The number of hydrogen-bond acceptors (Lipinski definition) is 6. The molecule has 0 bridgehead atoms. The molecular weight excluding hydrogens is 508 g/mol. The molecule has 1 atom stereocenters. The predicted molar refractivity (Wildman–Crippen MR) is 141 cm³/mol. The first kappa shape index (κ1) is 27.6. The van der Waals surface area contributed by atoms with E-state index in [-0.39, 0.29) is 17.3 Å². The van der Waals surface area contributed by atoms with Crippen LogP contribution in [0.25, 0.3) is 0 Å². The number of halogens is 1. The number of amides is 2. The molecule has 192 valence electrons. The number of nitrogens with one attached hydrogen (secondary N) is 1. The van der Waals surface area contributed by atoms with Crippen LogP contribution in [0.15, 0.2) is 29.2 Å². The van der Waals surface area contributed by atoms with Gasteiger partial charge >= 0.3 is 0 Å². The number of piperidine rings is 1. The molecule has 1 unspecified atom stereocenters. The molecule has 2 amide bonds. The highest BCUT2D eigenvalue weighted by atomic mass is 35.5. The van der Waals surface area contributed by atoms with Crippen LogP contribution in [0.5, 0.6) is 0 Å². The number of anilines is 1. The fourth-order valence-corrected chi connectivity index (χ4v) is 7.55. The van der Waals surface area contributed by atoms with E-state index in [2.05, 4.69) is 31.0 Å². The molecule has 1 aromatic carbocycles. The first-order chi connectivity index (χ1) is 16.1. The molecule has 2 aromatic rings. The Hall–Kier alpha value is -1.98. The standard InChI is InChI=1S/C24H32N4O4S2.ClH/c1-15(2)27-12-10-19-20(14-27)33-24(21(19)22(25)29)26-23(30)17-6-8-18(9-7-17)34(31,32)28-11-4-5-16(3)13-28;/h6-9,15-16H,4-5,10-14H2,1-3H3,(H2,25,29)(H,26,30);1H. The largest absolute Gasteiger partial charge is 0.365 e. The van der Waals surface area contributed by atoms with Crippen LogP contribution >= 0.6 is 23.7 Å². The van der Waals surface area contributed by atoms with E-state index in [1.54, 1.807) is 0 Å². The van der Waals surface area contributed by atoms with Crippen molar-refractivity contribution in [2.45, 2.75) is 57.5 Å². The third-order valence-electron chi connectivity index (χ3n) is 6.66. The van der Waals surface area contributed by atoms with E-state index in [9.17, 15) is 18.0 Å². The normalized spacial score (nSPS) is 19.1. The van der Waals surface area contributed by atoms with Crippen molar-refractivity contribution in [2.24, 2.45) is 11.7 Å². The van der Waals surface area contributed by atoms with Crippen LogP contribution in [-0.4, -0.2) is 55.1 Å². The lowest BCUT2D eigenvalue weighted by Gasteiger charge is -2.30. The minimum Gasteiger partial charge on any atom is -0.365 e. The van der Waals surface area contributed by atoms with Gasteiger partial charge in [0.1, 0.15) is 5.00 Å². The van der Waals surface area contributed by atoms with Crippen LogP contribution in [0.4, 0.5) is 5.00 Å². The lowest BCUT2D eigenvalue weighted by molar-refractivity contribution is 0.0999. The quantitative estimate of drug-likeness (QED) is 0.580. The second-order valence-electron chi connectivity index (χ2n) is 9.48. The van der Waals surface area contributed by atoms with Gasteiger partial charge in [-0.15, -0.1) is 23.7 Å². The van der Waals surface area contributed by atoms with Crippen molar-refractivity contribution in [1.29, 1.82) is 0 Å². The molecule has 2 aliphatic rings. The zero-order chi connectivity index (χ0) is 24.6. The van der Waals surface area contributed by atoms with E-state index >= 15 is 0 Å². The first-order valence-electron chi connectivity index (χ1n) is 11.7. The average molecular weight is 541 g/mol. The Morgan fingerprint density at radius 3 is 2.46 bits per heavy atom. The van der Waals surface area contributed by atoms with Gasteiger partial charge in [0.05, 0.1) is 10.5 Å². The number of hydrogen-bond donors (Lipinski definition) is 2. The third kappa shape index (κ3) is 5.72. The van der Waals surface area contributed by atoms with Crippen molar-refractivity contribution in [3.05, 3.63) is 45.8 Å². The van der Waals surface area contributed by atoms with Crippen LogP contribution in [0, 0.1) is 5.92 Å². The summed E-state index contributed by atoms with van der Waals surface area (Å²) < 4.78 is 27.5. The van der Waals surface area contributed by atoms with E-state index in [0.717, 1.165) is 36.4 Å². The Balaban J connectivity index is 0.00000342. The molecule has 3 heterocycles. The summed E-state index contributed by atoms with van der Waals surface area (Å²) in [5, 5.41) is 3.29. The van der Waals surface area contributed by atoms with Gasteiger partial charge in [0.15, 0.2) is 0 Å². The molecule has 3 N–H and O–H groups in total. The van der Waals surface area contributed by atoms with E-state index in [0.29, 0.717) is 47.6 Å². The minimum atomic E-state index is -3.59. The highest BCUT2D eigenvalue weighted by Crippen LogP contribution is 2.37. The number of primary amides is 1. The molecule has 8 nitrogen and oxygen atoms in total. The Kier molecular flexibility index (Phi) is 8.64. The number of carbonyl (C=O) groups is 2. The molecule has 0 aliphatic carbocycles. The fourth-order valence-electron chi connectivity index (χ4n) is 4.68. The van der Waals surface area contributed by atoms with Gasteiger partial charge in [-0.05, 0) is 68.9 Å². The number of sulfonamides is 1. The first-order valence-corrected chi connectivity index (χ1v) is 13.9. The van der Waals surface area contributed by atoms with Gasteiger partial charge in [0.25, 0.3) is 11.8 Å². The molecule has 2 aliphatic heterocycles. The number of fused-ring (bicyclic) bond motifs is 1. The van der Waals surface area contributed by atoms with Gasteiger partial charge < -0.3 is 11.1 Å². The summed E-state index contributed by atoms with van der Waals surface area (Å²) in [6.45, 7) is 8.90. The molecule has 1 aromatic heterocycles. The van der Waals surface area contributed by atoms with E-state index in [1.807, 2.05) is 0 Å². The fraction of sp³-hybridized carbons (Fsp3) is 0.500. The molecule has 0 spiro atoms. The zero-order valence-corrected chi connectivity index (χ0v) is 22.7. The number of rotatable bonds is 6. The smallest absolute Gasteiger partial charge is 0.256 e. The maximum atomic E-state index is 13.0. The van der Waals surface area contributed by atoms with Gasteiger partial charge in [0.2, 0.25) is 10.0 Å². The maximum absolute atomic E-state index is 13.0.